The van der Waals surface area contributed by atoms with Crippen LogP contribution in [0.1, 0.15) is 20.7 Å². The van der Waals surface area contributed by atoms with Crippen molar-refractivity contribution in [3.63, 3.8) is 0 Å². The van der Waals surface area contributed by atoms with Gasteiger partial charge >= 0.3 is 11.9 Å². The summed E-state index contributed by atoms with van der Waals surface area (Å²) in [6.45, 7) is 0. The Bertz CT molecular complexity index is 1560. The van der Waals surface area contributed by atoms with E-state index in [1.165, 1.54) is 38.0 Å². The lowest BCUT2D eigenvalue weighted by Gasteiger charge is -2.17. The SMILES string of the molecule is CN(C)C(=O)/C=c1\c(C(=O)Oc2ccccc2)c(Br)c(Br)c(C(=O)Oc2ccccc2)\c1=C(\S)C(=O)N(C)C. The Morgan fingerprint density at radius 1 is 0.718 bits per heavy atom. The molecule has 0 bridgehead atoms. The molecule has 0 N–H and O–H groups in total. The van der Waals surface area contributed by atoms with E-state index in [0.717, 1.165) is 6.08 Å². The Balaban J connectivity index is 2.48. The number of amides is 2. The maximum Gasteiger partial charge on any atom is 0.345 e. The number of nitrogens with zero attached hydrogens (tertiary/aromatic N) is 2. The summed E-state index contributed by atoms with van der Waals surface area (Å²) in [7, 11) is 6.06. The monoisotopic (exact) mass is 674 g/mol. The first-order valence-corrected chi connectivity index (χ1v) is 13.4. The van der Waals surface area contributed by atoms with Crippen molar-refractivity contribution < 1.29 is 28.7 Å². The number of ether oxygens (including phenoxy) is 2. The van der Waals surface area contributed by atoms with E-state index in [0.29, 0.717) is 0 Å². The molecule has 0 aliphatic carbocycles. The molecule has 0 spiro atoms. The lowest BCUT2D eigenvalue weighted by Crippen LogP contribution is -2.43. The third-order valence-electron chi connectivity index (χ3n) is 5.29. The molecule has 3 rings (SSSR count). The van der Waals surface area contributed by atoms with Crippen molar-refractivity contribution in [3.05, 3.63) is 91.2 Å². The Hall–Kier alpha value is -3.41. The van der Waals surface area contributed by atoms with E-state index in [9.17, 15) is 19.2 Å². The van der Waals surface area contributed by atoms with Crippen LogP contribution in [0.5, 0.6) is 11.5 Å². The summed E-state index contributed by atoms with van der Waals surface area (Å²) in [6, 6.07) is 16.7. The first-order chi connectivity index (χ1) is 18.4. The van der Waals surface area contributed by atoms with E-state index in [4.69, 9.17) is 9.47 Å². The van der Waals surface area contributed by atoms with Gasteiger partial charge in [0.2, 0.25) is 5.91 Å². The molecule has 11 heteroatoms. The van der Waals surface area contributed by atoms with E-state index in [1.54, 1.807) is 60.7 Å². The standard InChI is InChI=1S/C28H24Br2N2O6S/c1-31(2)19(33)15-18-20(25(39)26(34)32(3)4)22(28(36)38-17-13-9-6-10-14-17)24(30)23(29)21(18)27(35)37-16-11-7-5-8-12-16/h5-15,39H,1-4H3/b18-15-,25-20+. The molecule has 0 heterocycles. The van der Waals surface area contributed by atoms with Crippen molar-refractivity contribution >= 4 is 79.2 Å². The molecular weight excluding hydrogens is 652 g/mol. The van der Waals surface area contributed by atoms with Gasteiger partial charge in [0.1, 0.15) is 11.5 Å². The van der Waals surface area contributed by atoms with Gasteiger partial charge in [-0.15, -0.1) is 12.6 Å². The minimum Gasteiger partial charge on any atom is -0.423 e. The zero-order valence-electron chi connectivity index (χ0n) is 21.4. The van der Waals surface area contributed by atoms with Crippen molar-refractivity contribution in [1.29, 1.82) is 0 Å². The van der Waals surface area contributed by atoms with Gasteiger partial charge in [-0.2, -0.15) is 0 Å². The van der Waals surface area contributed by atoms with Crippen LogP contribution in [0.3, 0.4) is 0 Å². The summed E-state index contributed by atoms with van der Waals surface area (Å²) in [6.07, 6.45) is 1.15. The highest BCUT2D eigenvalue weighted by molar-refractivity contribution is 9.13. The van der Waals surface area contributed by atoms with E-state index in [1.807, 2.05) is 0 Å². The molecule has 0 fully saturated rings. The normalized spacial score (nSPS) is 11.9. The van der Waals surface area contributed by atoms with Crippen LogP contribution in [-0.2, 0) is 9.59 Å². The number of thiol groups is 1. The Morgan fingerprint density at radius 3 is 1.59 bits per heavy atom. The smallest absolute Gasteiger partial charge is 0.345 e. The molecule has 39 heavy (non-hydrogen) atoms. The minimum absolute atomic E-state index is 0.0510. The summed E-state index contributed by atoms with van der Waals surface area (Å²) in [5.41, 5.74) is -0.231. The molecule has 0 saturated carbocycles. The minimum atomic E-state index is -0.850. The molecule has 0 unspecified atom stereocenters. The number of carbonyl (C=O) groups excluding carboxylic acids is 4. The zero-order chi connectivity index (χ0) is 28.9. The molecule has 0 saturated heterocycles. The van der Waals surface area contributed by atoms with Crippen LogP contribution in [0, 0.1) is 0 Å². The van der Waals surface area contributed by atoms with Crippen molar-refractivity contribution in [2.75, 3.05) is 28.2 Å². The number of benzene rings is 3. The quantitative estimate of drug-likeness (QED) is 0.244. The summed E-state index contributed by atoms with van der Waals surface area (Å²) < 4.78 is 11.4. The fourth-order valence-corrected chi connectivity index (χ4v) is 4.92. The van der Waals surface area contributed by atoms with Crippen LogP contribution in [0.15, 0.2) is 69.6 Å². The molecule has 0 aromatic heterocycles. The summed E-state index contributed by atoms with van der Waals surface area (Å²) in [4.78, 5) is 55.5. The van der Waals surface area contributed by atoms with Crippen LogP contribution in [0.4, 0.5) is 0 Å². The van der Waals surface area contributed by atoms with Crippen molar-refractivity contribution in [2.24, 2.45) is 0 Å². The number of rotatable bonds is 6. The summed E-state index contributed by atoms with van der Waals surface area (Å²) in [5.74, 6) is -2.27. The van der Waals surface area contributed by atoms with Crippen LogP contribution < -0.4 is 19.9 Å². The van der Waals surface area contributed by atoms with E-state index in [2.05, 4.69) is 44.5 Å². The van der Waals surface area contributed by atoms with Crippen molar-refractivity contribution in [3.8, 4) is 11.5 Å². The number of hydrogen-bond acceptors (Lipinski definition) is 7. The fraction of sp³-hybridized carbons (Fsp3) is 0.143. The first-order valence-electron chi connectivity index (χ1n) is 11.4. The Kier molecular flexibility index (Phi) is 10.1. The molecule has 0 radical (unpaired) electrons. The molecule has 3 aromatic carbocycles. The topological polar surface area (TPSA) is 93.2 Å². The summed E-state index contributed by atoms with van der Waals surface area (Å²) in [5, 5.41) is -0.131. The number of para-hydroxylation sites is 2. The molecule has 202 valence electrons. The van der Waals surface area contributed by atoms with Crippen molar-refractivity contribution in [1.82, 2.24) is 9.80 Å². The molecule has 0 aliphatic rings. The van der Waals surface area contributed by atoms with Crippen LogP contribution in [-0.4, -0.2) is 61.7 Å². The Morgan fingerprint density at radius 2 is 1.15 bits per heavy atom. The molecular formula is C28H24Br2N2O6S. The molecule has 3 aromatic rings. The lowest BCUT2D eigenvalue weighted by molar-refractivity contribution is -0.123. The predicted octanol–water partition coefficient (Wildman–Crippen LogP) is 3.64. The second-order valence-electron chi connectivity index (χ2n) is 8.50. The number of carbonyl (C=O) groups is 4. The maximum absolute atomic E-state index is 13.6. The van der Waals surface area contributed by atoms with Gasteiger partial charge in [0, 0.05) is 53.6 Å². The number of hydrogen-bond donors (Lipinski definition) is 1. The van der Waals surface area contributed by atoms with Crippen LogP contribution >= 0.6 is 44.5 Å². The molecule has 2 amide bonds. The van der Waals surface area contributed by atoms with Gasteiger partial charge in [-0.1, -0.05) is 36.4 Å². The fourth-order valence-electron chi connectivity index (χ4n) is 3.35. The number of halogens is 2. The van der Waals surface area contributed by atoms with Gasteiger partial charge < -0.3 is 19.3 Å². The lowest BCUT2D eigenvalue weighted by atomic mass is 10.0. The second kappa shape index (κ2) is 13.1. The number of esters is 2. The van der Waals surface area contributed by atoms with Crippen molar-refractivity contribution in [2.45, 2.75) is 0 Å². The van der Waals surface area contributed by atoms with E-state index < -0.39 is 23.8 Å². The third kappa shape index (κ3) is 6.97. The van der Waals surface area contributed by atoms with Crippen LogP contribution in [0.2, 0.25) is 0 Å². The average molecular weight is 676 g/mol. The van der Waals surface area contributed by atoms with Gasteiger partial charge in [-0.3, -0.25) is 9.59 Å². The highest BCUT2D eigenvalue weighted by Crippen LogP contribution is 2.29. The van der Waals surface area contributed by atoms with Gasteiger partial charge in [0.15, 0.2) is 0 Å². The van der Waals surface area contributed by atoms with Gasteiger partial charge in [-0.25, -0.2) is 9.59 Å². The Labute approximate surface area is 247 Å². The summed E-state index contributed by atoms with van der Waals surface area (Å²) >= 11 is 11.3. The average Bonchev–Trinajstić information content (AvgIpc) is 2.90. The predicted molar refractivity (Wildman–Crippen MR) is 158 cm³/mol. The molecule has 8 nitrogen and oxygen atoms in total. The molecule has 0 atom stereocenters. The van der Waals surface area contributed by atoms with E-state index in [-0.39, 0.29) is 46.9 Å². The largest absolute Gasteiger partial charge is 0.423 e. The zero-order valence-corrected chi connectivity index (χ0v) is 25.5. The van der Waals surface area contributed by atoms with Crippen LogP contribution in [0.25, 0.3) is 11.0 Å². The first kappa shape index (κ1) is 30.1. The van der Waals surface area contributed by atoms with Gasteiger partial charge in [0.05, 0.1) is 16.0 Å². The second-order valence-corrected chi connectivity index (χ2v) is 10.5. The van der Waals surface area contributed by atoms with Gasteiger partial charge in [0.25, 0.3) is 5.91 Å². The third-order valence-corrected chi connectivity index (χ3v) is 7.82. The highest BCUT2D eigenvalue weighted by Gasteiger charge is 2.28. The highest BCUT2D eigenvalue weighted by atomic mass is 79.9. The van der Waals surface area contributed by atoms with E-state index >= 15 is 0 Å². The maximum atomic E-state index is 13.6. The molecule has 0 aliphatic heterocycles. The van der Waals surface area contributed by atoms with Gasteiger partial charge in [-0.05, 0) is 56.1 Å².